The van der Waals surface area contributed by atoms with Gasteiger partial charge in [-0.3, -0.25) is 4.79 Å². The summed E-state index contributed by atoms with van der Waals surface area (Å²) in [5.41, 5.74) is 2.50. The third kappa shape index (κ3) is 6.71. The fourth-order valence-corrected chi connectivity index (χ4v) is 2.03. The lowest BCUT2D eigenvalue weighted by atomic mass is 9.90. The van der Waals surface area contributed by atoms with Gasteiger partial charge in [0.15, 0.2) is 0 Å². The van der Waals surface area contributed by atoms with E-state index in [0.29, 0.717) is 19.4 Å². The molecule has 1 aromatic carbocycles. The first-order chi connectivity index (χ1) is 9.43. The average Bonchev–Trinajstić information content (AvgIpc) is 2.39. The van der Waals surface area contributed by atoms with Gasteiger partial charge in [0.2, 0.25) is 5.91 Å². The first-order valence-corrected chi connectivity index (χ1v) is 7.36. The Balaban J connectivity index is 2.22. The molecule has 0 atom stereocenters. The van der Waals surface area contributed by atoms with Gasteiger partial charge >= 0.3 is 0 Å². The topological polar surface area (TPSA) is 49.3 Å². The van der Waals surface area contributed by atoms with E-state index in [1.54, 1.807) is 0 Å². The van der Waals surface area contributed by atoms with E-state index in [1.165, 1.54) is 11.1 Å². The van der Waals surface area contributed by atoms with Crippen molar-refractivity contribution in [2.45, 2.75) is 46.5 Å². The third-order valence-electron chi connectivity index (χ3n) is 3.54. The van der Waals surface area contributed by atoms with Crippen LogP contribution >= 0.6 is 0 Å². The molecule has 0 aliphatic heterocycles. The number of aliphatic hydroxyl groups excluding tert-OH is 1. The molecular formula is C17H27NO2. The van der Waals surface area contributed by atoms with Crippen LogP contribution in [-0.4, -0.2) is 24.2 Å². The van der Waals surface area contributed by atoms with Crippen LogP contribution in [0.2, 0.25) is 0 Å². The van der Waals surface area contributed by atoms with Crippen LogP contribution in [0.15, 0.2) is 24.3 Å². The molecule has 0 aliphatic rings. The van der Waals surface area contributed by atoms with Crippen LogP contribution < -0.4 is 5.32 Å². The van der Waals surface area contributed by atoms with Crippen LogP contribution in [0.5, 0.6) is 0 Å². The van der Waals surface area contributed by atoms with Gasteiger partial charge in [-0.05, 0) is 37.2 Å². The molecule has 1 rings (SSSR count). The predicted octanol–water partition coefficient (Wildman–Crippen LogP) is 2.84. The second kappa shape index (κ2) is 8.05. The van der Waals surface area contributed by atoms with E-state index in [0.717, 1.165) is 12.8 Å². The van der Waals surface area contributed by atoms with Crippen molar-refractivity contribution in [1.82, 2.24) is 5.32 Å². The first-order valence-electron chi connectivity index (χ1n) is 7.36. The fraction of sp³-hybridized carbons (Fsp3) is 0.588. The van der Waals surface area contributed by atoms with Gasteiger partial charge in [-0.15, -0.1) is 0 Å². The van der Waals surface area contributed by atoms with Gasteiger partial charge in [-0.1, -0.05) is 43.7 Å². The number of carbonyl (C=O) groups is 1. The van der Waals surface area contributed by atoms with Crippen LogP contribution in [0.1, 0.15) is 44.2 Å². The standard InChI is InChI=1S/C17H27NO2/c1-14-7-9-15(10-8-14)5-4-6-16(20)18-13-17(2,3)11-12-19/h7-10,19H,4-6,11-13H2,1-3H3,(H,18,20). The lowest BCUT2D eigenvalue weighted by Crippen LogP contribution is -2.34. The molecule has 0 aliphatic carbocycles. The number of aliphatic hydroxyl groups is 1. The van der Waals surface area contributed by atoms with E-state index < -0.39 is 0 Å². The average molecular weight is 277 g/mol. The molecule has 0 fully saturated rings. The Morgan fingerprint density at radius 3 is 2.50 bits per heavy atom. The zero-order chi connectivity index (χ0) is 15.0. The molecule has 3 heteroatoms. The maximum absolute atomic E-state index is 11.8. The molecule has 2 N–H and O–H groups in total. The van der Waals surface area contributed by atoms with Crippen LogP contribution in [0.25, 0.3) is 0 Å². The van der Waals surface area contributed by atoms with E-state index >= 15 is 0 Å². The SMILES string of the molecule is Cc1ccc(CCCC(=O)NCC(C)(C)CCO)cc1. The monoisotopic (exact) mass is 277 g/mol. The van der Waals surface area contributed by atoms with Crippen molar-refractivity contribution in [2.75, 3.05) is 13.2 Å². The van der Waals surface area contributed by atoms with Crippen molar-refractivity contribution in [2.24, 2.45) is 5.41 Å². The van der Waals surface area contributed by atoms with Gasteiger partial charge in [-0.2, -0.15) is 0 Å². The smallest absolute Gasteiger partial charge is 0.220 e. The molecule has 0 saturated carbocycles. The number of rotatable bonds is 8. The number of carbonyl (C=O) groups excluding carboxylic acids is 1. The molecule has 0 spiro atoms. The minimum Gasteiger partial charge on any atom is -0.396 e. The van der Waals surface area contributed by atoms with E-state index in [9.17, 15) is 4.79 Å². The second-order valence-electron chi connectivity index (χ2n) is 6.25. The maximum Gasteiger partial charge on any atom is 0.220 e. The van der Waals surface area contributed by atoms with E-state index in [2.05, 4.69) is 50.4 Å². The summed E-state index contributed by atoms with van der Waals surface area (Å²) < 4.78 is 0. The Bertz CT molecular complexity index is 410. The largest absolute Gasteiger partial charge is 0.396 e. The summed E-state index contributed by atoms with van der Waals surface area (Å²) in [4.78, 5) is 11.8. The lowest BCUT2D eigenvalue weighted by molar-refractivity contribution is -0.121. The molecule has 0 bridgehead atoms. The van der Waals surface area contributed by atoms with Gasteiger partial charge < -0.3 is 10.4 Å². The summed E-state index contributed by atoms with van der Waals surface area (Å²) in [6.45, 7) is 6.96. The molecule has 0 aromatic heterocycles. The van der Waals surface area contributed by atoms with Crippen molar-refractivity contribution >= 4 is 5.91 Å². The van der Waals surface area contributed by atoms with Crippen molar-refractivity contribution in [3.8, 4) is 0 Å². The summed E-state index contributed by atoms with van der Waals surface area (Å²) in [6, 6.07) is 8.45. The number of aryl methyl sites for hydroxylation is 2. The summed E-state index contributed by atoms with van der Waals surface area (Å²) in [5.74, 6) is 0.100. The van der Waals surface area contributed by atoms with Crippen molar-refractivity contribution < 1.29 is 9.90 Å². The van der Waals surface area contributed by atoms with Crippen LogP contribution in [0, 0.1) is 12.3 Å². The molecule has 112 valence electrons. The Hall–Kier alpha value is -1.35. The zero-order valence-electron chi connectivity index (χ0n) is 12.9. The van der Waals surface area contributed by atoms with Gasteiger partial charge in [0.05, 0.1) is 0 Å². The van der Waals surface area contributed by atoms with Gasteiger partial charge in [-0.25, -0.2) is 0 Å². The number of hydrogen-bond donors (Lipinski definition) is 2. The first kappa shape index (κ1) is 16.7. The molecule has 0 unspecified atom stereocenters. The summed E-state index contributed by atoms with van der Waals surface area (Å²) in [5, 5.41) is 11.9. The molecule has 20 heavy (non-hydrogen) atoms. The van der Waals surface area contributed by atoms with Crippen LogP contribution in [0.3, 0.4) is 0 Å². The summed E-state index contributed by atoms with van der Waals surface area (Å²) in [6.07, 6.45) is 3.07. The van der Waals surface area contributed by atoms with Crippen molar-refractivity contribution in [1.29, 1.82) is 0 Å². The molecular weight excluding hydrogens is 250 g/mol. The maximum atomic E-state index is 11.8. The molecule has 0 heterocycles. The third-order valence-corrected chi connectivity index (χ3v) is 3.54. The summed E-state index contributed by atoms with van der Waals surface area (Å²) in [7, 11) is 0. The molecule has 1 amide bonds. The number of nitrogens with one attached hydrogen (secondary N) is 1. The highest BCUT2D eigenvalue weighted by molar-refractivity contribution is 5.75. The highest BCUT2D eigenvalue weighted by atomic mass is 16.3. The van der Waals surface area contributed by atoms with E-state index in [-0.39, 0.29) is 17.9 Å². The Morgan fingerprint density at radius 1 is 1.25 bits per heavy atom. The minimum atomic E-state index is -0.0403. The number of hydrogen-bond acceptors (Lipinski definition) is 2. The summed E-state index contributed by atoms with van der Waals surface area (Å²) >= 11 is 0. The lowest BCUT2D eigenvalue weighted by Gasteiger charge is -2.23. The molecule has 1 aromatic rings. The van der Waals surface area contributed by atoms with Crippen LogP contribution in [-0.2, 0) is 11.2 Å². The van der Waals surface area contributed by atoms with Gasteiger partial charge in [0, 0.05) is 19.6 Å². The van der Waals surface area contributed by atoms with Crippen LogP contribution in [0.4, 0.5) is 0 Å². The normalized spacial score (nSPS) is 11.4. The van der Waals surface area contributed by atoms with E-state index in [1.807, 2.05) is 0 Å². The Kier molecular flexibility index (Phi) is 6.73. The van der Waals surface area contributed by atoms with Crippen molar-refractivity contribution in [3.63, 3.8) is 0 Å². The van der Waals surface area contributed by atoms with E-state index in [4.69, 9.17) is 5.11 Å². The minimum absolute atomic E-state index is 0.0403. The predicted molar refractivity (Wildman–Crippen MR) is 82.6 cm³/mol. The quantitative estimate of drug-likeness (QED) is 0.767. The zero-order valence-corrected chi connectivity index (χ0v) is 12.9. The van der Waals surface area contributed by atoms with Crippen molar-refractivity contribution in [3.05, 3.63) is 35.4 Å². The number of benzene rings is 1. The van der Waals surface area contributed by atoms with Gasteiger partial charge in [0.25, 0.3) is 0 Å². The molecule has 0 radical (unpaired) electrons. The second-order valence-corrected chi connectivity index (χ2v) is 6.25. The number of amides is 1. The Labute approximate surface area is 122 Å². The molecule has 3 nitrogen and oxygen atoms in total. The highest BCUT2D eigenvalue weighted by Crippen LogP contribution is 2.18. The Morgan fingerprint density at radius 2 is 1.90 bits per heavy atom. The fourth-order valence-electron chi connectivity index (χ4n) is 2.03. The van der Waals surface area contributed by atoms with Gasteiger partial charge in [0.1, 0.15) is 0 Å². The molecule has 0 saturated heterocycles. The highest BCUT2D eigenvalue weighted by Gasteiger charge is 2.17.